The van der Waals surface area contributed by atoms with Crippen molar-refractivity contribution in [3.63, 3.8) is 0 Å². The SMILES string of the molecule is CC1CN(C(=O)c2c(Cl)c(-c3ccc(C#N)cc3)nn2C)Cc2cnc(C(C)(O)C(F)(F)F)n21. The second-order valence-electron chi connectivity index (χ2n) is 8.37. The van der Waals surface area contributed by atoms with E-state index in [1.807, 2.05) is 6.07 Å². The van der Waals surface area contributed by atoms with Crippen LogP contribution in [0, 0.1) is 11.3 Å². The summed E-state index contributed by atoms with van der Waals surface area (Å²) < 4.78 is 42.8. The lowest BCUT2D eigenvalue weighted by Gasteiger charge is -2.36. The van der Waals surface area contributed by atoms with E-state index in [0.717, 1.165) is 0 Å². The number of halogens is 4. The normalized spacial score (nSPS) is 17.7. The molecule has 0 spiro atoms. The molecule has 1 aliphatic heterocycles. The van der Waals surface area contributed by atoms with E-state index in [4.69, 9.17) is 16.9 Å². The van der Waals surface area contributed by atoms with Crippen molar-refractivity contribution in [3.05, 3.63) is 58.3 Å². The monoisotopic (exact) mass is 492 g/mol. The summed E-state index contributed by atoms with van der Waals surface area (Å²) in [5.41, 5.74) is -1.18. The molecule has 0 saturated carbocycles. The summed E-state index contributed by atoms with van der Waals surface area (Å²) in [4.78, 5) is 18.7. The van der Waals surface area contributed by atoms with Crippen LogP contribution in [0.3, 0.4) is 0 Å². The molecule has 4 rings (SSSR count). The Morgan fingerprint density at radius 2 is 1.94 bits per heavy atom. The summed E-state index contributed by atoms with van der Waals surface area (Å²) in [5, 5.41) is 23.6. The summed E-state index contributed by atoms with van der Waals surface area (Å²) >= 11 is 6.53. The maximum atomic E-state index is 13.4. The molecule has 12 heteroatoms. The fourth-order valence-corrected chi connectivity index (χ4v) is 4.42. The van der Waals surface area contributed by atoms with Gasteiger partial charge < -0.3 is 14.6 Å². The number of hydrogen-bond acceptors (Lipinski definition) is 5. The molecular weight excluding hydrogens is 473 g/mol. The minimum absolute atomic E-state index is 0.0161. The maximum Gasteiger partial charge on any atom is 0.424 e. The molecule has 0 bridgehead atoms. The van der Waals surface area contributed by atoms with Crippen molar-refractivity contribution < 1.29 is 23.1 Å². The van der Waals surface area contributed by atoms with Crippen LogP contribution in [0.5, 0.6) is 0 Å². The van der Waals surface area contributed by atoms with E-state index in [1.54, 1.807) is 38.2 Å². The maximum absolute atomic E-state index is 13.4. The average molecular weight is 493 g/mol. The zero-order valence-electron chi connectivity index (χ0n) is 18.4. The minimum Gasteiger partial charge on any atom is -0.374 e. The quantitative estimate of drug-likeness (QED) is 0.599. The topological polar surface area (TPSA) is 100.0 Å². The molecular formula is C22H20ClF3N6O2. The first-order valence-electron chi connectivity index (χ1n) is 10.2. The molecule has 3 heterocycles. The first-order chi connectivity index (χ1) is 15.9. The summed E-state index contributed by atoms with van der Waals surface area (Å²) in [6.07, 6.45) is -3.68. The number of aliphatic hydroxyl groups is 1. The predicted octanol–water partition coefficient (Wildman–Crippen LogP) is 3.80. The highest BCUT2D eigenvalue weighted by atomic mass is 35.5. The van der Waals surface area contributed by atoms with Crippen LogP contribution >= 0.6 is 11.6 Å². The molecule has 1 amide bonds. The highest BCUT2D eigenvalue weighted by molar-refractivity contribution is 6.36. The van der Waals surface area contributed by atoms with Crippen LogP contribution in [0.25, 0.3) is 11.3 Å². The summed E-state index contributed by atoms with van der Waals surface area (Å²) in [7, 11) is 1.57. The number of imidazole rings is 1. The van der Waals surface area contributed by atoms with Crippen LogP contribution in [0.1, 0.15) is 47.5 Å². The molecule has 178 valence electrons. The van der Waals surface area contributed by atoms with Crippen molar-refractivity contribution in [2.45, 2.75) is 38.2 Å². The van der Waals surface area contributed by atoms with Gasteiger partial charge in [0.15, 0.2) is 5.82 Å². The molecule has 0 aliphatic carbocycles. The predicted molar refractivity (Wildman–Crippen MR) is 116 cm³/mol. The Balaban J connectivity index is 1.65. The Morgan fingerprint density at radius 1 is 1.29 bits per heavy atom. The molecule has 3 aromatic rings. The zero-order valence-corrected chi connectivity index (χ0v) is 19.2. The molecule has 0 saturated heterocycles. The van der Waals surface area contributed by atoms with E-state index in [1.165, 1.54) is 20.3 Å². The Morgan fingerprint density at radius 3 is 2.53 bits per heavy atom. The summed E-state index contributed by atoms with van der Waals surface area (Å²) in [6, 6.07) is 8.03. The van der Waals surface area contributed by atoms with Crippen molar-refractivity contribution in [3.8, 4) is 17.3 Å². The van der Waals surface area contributed by atoms with Gasteiger partial charge in [-0.25, -0.2) is 4.98 Å². The third-order valence-electron chi connectivity index (χ3n) is 5.91. The largest absolute Gasteiger partial charge is 0.424 e. The van der Waals surface area contributed by atoms with E-state index in [2.05, 4.69) is 10.1 Å². The standard InChI is InChI=1S/C22H20ClF3N6O2/c1-12-10-31(11-15-9-28-20(32(12)15)21(2,34)22(24,25)26)19(33)18-16(23)17(29-30(18)3)14-6-4-13(8-27)5-7-14/h4-7,9,12,34H,10-11H2,1-3H3. The zero-order chi connectivity index (χ0) is 25.0. The number of alkyl halides is 3. The Labute approximate surface area is 197 Å². The van der Waals surface area contributed by atoms with Gasteiger partial charge in [0.05, 0.1) is 41.1 Å². The molecule has 0 radical (unpaired) electrons. The Hall–Kier alpha value is -3.36. The highest BCUT2D eigenvalue weighted by Crippen LogP contribution is 2.40. The fourth-order valence-electron chi connectivity index (χ4n) is 4.07. The molecule has 0 fully saturated rings. The van der Waals surface area contributed by atoms with E-state index >= 15 is 0 Å². The first kappa shape index (κ1) is 23.8. The molecule has 2 atom stereocenters. The van der Waals surface area contributed by atoms with Crippen LogP contribution in [-0.4, -0.2) is 48.0 Å². The lowest BCUT2D eigenvalue weighted by atomic mass is 10.0. The number of hydrogen-bond donors (Lipinski definition) is 1. The number of amides is 1. The van der Waals surface area contributed by atoms with Crippen molar-refractivity contribution in [2.75, 3.05) is 6.54 Å². The number of fused-ring (bicyclic) bond motifs is 1. The van der Waals surface area contributed by atoms with Gasteiger partial charge in [-0.2, -0.15) is 23.5 Å². The number of benzene rings is 1. The number of aromatic nitrogens is 4. The van der Waals surface area contributed by atoms with Gasteiger partial charge in [0.25, 0.3) is 5.91 Å². The van der Waals surface area contributed by atoms with Crippen molar-refractivity contribution >= 4 is 17.5 Å². The fraction of sp³-hybridized carbons (Fsp3) is 0.364. The first-order valence-corrected chi connectivity index (χ1v) is 10.6. The molecule has 1 aromatic carbocycles. The second-order valence-corrected chi connectivity index (χ2v) is 8.75. The highest BCUT2D eigenvalue weighted by Gasteiger charge is 2.55. The second kappa shape index (κ2) is 8.14. The van der Waals surface area contributed by atoms with E-state index < -0.39 is 29.6 Å². The van der Waals surface area contributed by atoms with Gasteiger partial charge in [-0.15, -0.1) is 0 Å². The van der Waals surface area contributed by atoms with E-state index in [-0.39, 0.29) is 23.8 Å². The van der Waals surface area contributed by atoms with Crippen molar-refractivity contribution in [1.29, 1.82) is 5.26 Å². The Bertz CT molecular complexity index is 1300. The van der Waals surface area contributed by atoms with Gasteiger partial charge in [0, 0.05) is 19.2 Å². The molecule has 8 nitrogen and oxygen atoms in total. The minimum atomic E-state index is -4.91. The van der Waals surface area contributed by atoms with Gasteiger partial charge in [-0.05, 0) is 26.0 Å². The number of carbonyl (C=O) groups is 1. The van der Waals surface area contributed by atoms with Gasteiger partial charge in [0.2, 0.25) is 5.60 Å². The molecule has 2 unspecified atom stereocenters. The molecule has 1 aliphatic rings. The van der Waals surface area contributed by atoms with Crippen LogP contribution in [0.15, 0.2) is 30.5 Å². The van der Waals surface area contributed by atoms with Crippen LogP contribution < -0.4 is 0 Å². The number of rotatable bonds is 3. The third kappa shape index (κ3) is 3.73. The van der Waals surface area contributed by atoms with Crippen LogP contribution in [0.4, 0.5) is 13.2 Å². The summed E-state index contributed by atoms with van der Waals surface area (Å²) in [6.45, 7) is 2.37. The van der Waals surface area contributed by atoms with Gasteiger partial charge >= 0.3 is 6.18 Å². The van der Waals surface area contributed by atoms with Crippen LogP contribution in [-0.2, 0) is 19.2 Å². The average Bonchev–Trinajstić information content (AvgIpc) is 3.34. The van der Waals surface area contributed by atoms with E-state index in [0.29, 0.717) is 29.4 Å². The van der Waals surface area contributed by atoms with E-state index in [9.17, 15) is 23.1 Å². The number of aryl methyl sites for hydroxylation is 1. The number of carbonyl (C=O) groups excluding carboxylic acids is 1. The van der Waals surface area contributed by atoms with Crippen molar-refractivity contribution in [1.82, 2.24) is 24.2 Å². The van der Waals surface area contributed by atoms with Crippen molar-refractivity contribution in [2.24, 2.45) is 7.05 Å². The van der Waals surface area contributed by atoms with Gasteiger partial charge in [-0.3, -0.25) is 9.48 Å². The molecule has 2 aromatic heterocycles. The van der Waals surface area contributed by atoms with Gasteiger partial charge in [0.1, 0.15) is 11.4 Å². The molecule has 34 heavy (non-hydrogen) atoms. The summed E-state index contributed by atoms with van der Waals surface area (Å²) in [5.74, 6) is -0.959. The molecule has 1 N–H and O–H groups in total. The lowest BCUT2D eigenvalue weighted by molar-refractivity contribution is -0.263. The third-order valence-corrected chi connectivity index (χ3v) is 6.26. The van der Waals surface area contributed by atoms with Crippen LogP contribution in [0.2, 0.25) is 5.02 Å². The lowest BCUT2D eigenvalue weighted by Crippen LogP contribution is -2.46. The number of nitriles is 1. The smallest absolute Gasteiger partial charge is 0.374 e. The Kier molecular flexibility index (Phi) is 5.70. The van der Waals surface area contributed by atoms with Gasteiger partial charge in [-0.1, -0.05) is 23.7 Å². The number of nitrogens with zero attached hydrogens (tertiary/aromatic N) is 6.